The molecule has 0 N–H and O–H groups in total. The number of hydrogen-bond acceptors (Lipinski definition) is 6. The lowest BCUT2D eigenvalue weighted by Gasteiger charge is -2.30. The van der Waals surface area contributed by atoms with Crippen LogP contribution in [-0.2, 0) is 6.18 Å². The Bertz CT molecular complexity index is 922. The van der Waals surface area contributed by atoms with E-state index in [1.165, 1.54) is 12.1 Å². The summed E-state index contributed by atoms with van der Waals surface area (Å²) in [5.74, 6) is 0.327. The van der Waals surface area contributed by atoms with Gasteiger partial charge in [-0.15, -0.1) is 0 Å². The zero-order valence-electron chi connectivity index (χ0n) is 13.9. The van der Waals surface area contributed by atoms with Crippen LogP contribution >= 0.6 is 11.3 Å². The first-order valence-electron chi connectivity index (χ1n) is 8.27. The van der Waals surface area contributed by atoms with Crippen molar-refractivity contribution in [2.75, 3.05) is 18.0 Å². The third-order valence-electron chi connectivity index (χ3n) is 4.36. The van der Waals surface area contributed by atoms with Crippen molar-refractivity contribution in [1.29, 1.82) is 0 Å². The number of piperidine rings is 1. The topological polar surface area (TPSA) is 55.1 Å². The second-order valence-electron chi connectivity index (χ2n) is 6.25. The number of hydrogen-bond donors (Lipinski definition) is 0. The van der Waals surface area contributed by atoms with Gasteiger partial charge in [-0.2, -0.15) is 18.2 Å². The summed E-state index contributed by atoms with van der Waals surface area (Å²) >= 11 is 0.635. The summed E-state index contributed by atoms with van der Waals surface area (Å²) in [5, 5.41) is 4.27. The molecule has 0 radical (unpaired) electrons. The minimum Gasteiger partial charge on any atom is -0.347 e. The minimum atomic E-state index is -4.39. The maximum absolute atomic E-state index is 13.0. The fourth-order valence-electron chi connectivity index (χ4n) is 3.01. The summed E-state index contributed by atoms with van der Waals surface area (Å²) in [5.41, 5.74) is 0.633. The highest BCUT2D eigenvalue weighted by molar-refractivity contribution is 7.15. The van der Waals surface area contributed by atoms with Gasteiger partial charge < -0.3 is 9.42 Å². The molecular weight excluding hydrogens is 384 g/mol. The number of benzene rings is 1. The normalized spacial score (nSPS) is 18.1. The van der Waals surface area contributed by atoms with E-state index in [1.54, 1.807) is 12.1 Å². The van der Waals surface area contributed by atoms with Gasteiger partial charge in [0.25, 0.3) is 0 Å². The van der Waals surface area contributed by atoms with Gasteiger partial charge in [-0.05, 0) is 37.1 Å². The molecule has 0 amide bonds. The van der Waals surface area contributed by atoms with Crippen LogP contribution in [0.2, 0.25) is 0 Å². The number of halogens is 4. The Kier molecular flexibility index (Phi) is 4.58. The highest BCUT2D eigenvalue weighted by Gasteiger charge is 2.35. The van der Waals surface area contributed by atoms with Crippen LogP contribution in [0.25, 0.3) is 11.4 Å². The van der Waals surface area contributed by atoms with Gasteiger partial charge in [0.05, 0.1) is 12.1 Å². The van der Waals surface area contributed by atoms with E-state index in [0.29, 0.717) is 46.8 Å². The Morgan fingerprint density at radius 1 is 1.19 bits per heavy atom. The van der Waals surface area contributed by atoms with Crippen LogP contribution in [0.3, 0.4) is 0 Å². The maximum atomic E-state index is 13.0. The molecular formula is C17H14F4N4OS. The van der Waals surface area contributed by atoms with Crippen LogP contribution in [0.4, 0.5) is 22.7 Å². The molecule has 1 fully saturated rings. The van der Waals surface area contributed by atoms with E-state index in [2.05, 4.69) is 15.1 Å². The molecule has 0 aliphatic carbocycles. The molecule has 1 saturated heterocycles. The van der Waals surface area contributed by atoms with Gasteiger partial charge in [-0.3, -0.25) is 0 Å². The number of rotatable bonds is 3. The summed E-state index contributed by atoms with van der Waals surface area (Å²) in [7, 11) is 0. The molecule has 1 unspecified atom stereocenters. The third kappa shape index (κ3) is 3.80. The van der Waals surface area contributed by atoms with Crippen LogP contribution in [0.15, 0.2) is 35.0 Å². The molecule has 2 aromatic heterocycles. The standard InChI is InChI=1S/C17H14F4N4OS/c18-12-5-3-10(4-6-12)14-23-15(26-24-14)11-2-1-7-25(9-11)16-22-8-13(27-16)17(19,20)21/h3-6,8,11H,1-2,7,9H2. The molecule has 0 spiro atoms. The monoisotopic (exact) mass is 398 g/mol. The number of nitrogens with zero attached hydrogens (tertiary/aromatic N) is 4. The van der Waals surface area contributed by atoms with E-state index in [0.717, 1.165) is 19.0 Å². The number of aromatic nitrogens is 3. The summed E-state index contributed by atoms with van der Waals surface area (Å²) in [6.07, 6.45) is -1.95. The van der Waals surface area contributed by atoms with Crippen molar-refractivity contribution >= 4 is 16.5 Å². The number of alkyl halides is 3. The highest BCUT2D eigenvalue weighted by atomic mass is 32.1. The molecule has 27 heavy (non-hydrogen) atoms. The van der Waals surface area contributed by atoms with E-state index < -0.39 is 11.1 Å². The van der Waals surface area contributed by atoms with Gasteiger partial charge in [0.1, 0.15) is 10.7 Å². The molecule has 0 saturated carbocycles. The zero-order chi connectivity index (χ0) is 19.0. The molecule has 1 aliphatic heterocycles. The zero-order valence-corrected chi connectivity index (χ0v) is 14.7. The second kappa shape index (κ2) is 6.91. The minimum absolute atomic E-state index is 0.0984. The first-order chi connectivity index (χ1) is 12.9. The Morgan fingerprint density at radius 2 is 1.96 bits per heavy atom. The quantitative estimate of drug-likeness (QED) is 0.597. The van der Waals surface area contributed by atoms with Crippen LogP contribution in [-0.4, -0.2) is 28.2 Å². The average molecular weight is 398 g/mol. The Labute approximate surface area is 155 Å². The average Bonchev–Trinajstić information content (AvgIpc) is 3.32. The Balaban J connectivity index is 1.50. The van der Waals surface area contributed by atoms with Crippen molar-refractivity contribution in [2.24, 2.45) is 0 Å². The first-order valence-corrected chi connectivity index (χ1v) is 9.09. The lowest BCUT2D eigenvalue weighted by atomic mass is 9.98. The van der Waals surface area contributed by atoms with Crippen LogP contribution in [0.1, 0.15) is 29.5 Å². The SMILES string of the molecule is Fc1ccc(-c2noc(C3CCCN(c4ncc(C(F)(F)F)s4)C3)n2)cc1. The fraction of sp³-hybridized carbons (Fsp3) is 0.353. The number of thiazole rings is 1. The number of anilines is 1. The molecule has 3 aromatic rings. The van der Waals surface area contributed by atoms with Crippen LogP contribution in [0.5, 0.6) is 0 Å². The van der Waals surface area contributed by atoms with Crippen molar-refractivity contribution in [1.82, 2.24) is 15.1 Å². The molecule has 1 atom stereocenters. The molecule has 10 heteroatoms. The molecule has 142 valence electrons. The maximum Gasteiger partial charge on any atom is 0.427 e. The molecule has 3 heterocycles. The first kappa shape index (κ1) is 17.9. The van der Waals surface area contributed by atoms with Gasteiger partial charge in [0.2, 0.25) is 11.7 Å². The lowest BCUT2D eigenvalue weighted by molar-refractivity contribution is -0.134. The van der Waals surface area contributed by atoms with Crippen LogP contribution in [0, 0.1) is 5.82 Å². The van der Waals surface area contributed by atoms with Gasteiger partial charge in [-0.1, -0.05) is 16.5 Å². The van der Waals surface area contributed by atoms with Gasteiger partial charge in [-0.25, -0.2) is 9.37 Å². The van der Waals surface area contributed by atoms with Gasteiger partial charge >= 0.3 is 6.18 Å². The van der Waals surface area contributed by atoms with E-state index in [9.17, 15) is 17.6 Å². The fourth-order valence-corrected chi connectivity index (χ4v) is 3.83. The Morgan fingerprint density at radius 3 is 2.67 bits per heavy atom. The van der Waals surface area contributed by atoms with E-state index in [1.807, 2.05) is 4.90 Å². The van der Waals surface area contributed by atoms with Crippen molar-refractivity contribution in [3.8, 4) is 11.4 Å². The smallest absolute Gasteiger partial charge is 0.347 e. The van der Waals surface area contributed by atoms with Crippen molar-refractivity contribution in [3.63, 3.8) is 0 Å². The van der Waals surface area contributed by atoms with Crippen molar-refractivity contribution in [3.05, 3.63) is 47.0 Å². The summed E-state index contributed by atoms with van der Waals surface area (Å²) in [6.45, 7) is 1.08. The largest absolute Gasteiger partial charge is 0.427 e. The summed E-state index contributed by atoms with van der Waals surface area (Å²) in [4.78, 5) is 9.40. The van der Waals surface area contributed by atoms with Gasteiger partial charge in [0.15, 0.2) is 5.13 Å². The Hall–Kier alpha value is -2.49. The van der Waals surface area contributed by atoms with Crippen molar-refractivity contribution < 1.29 is 22.1 Å². The van der Waals surface area contributed by atoms with Crippen LogP contribution < -0.4 is 4.90 Å². The van der Waals surface area contributed by atoms with E-state index in [-0.39, 0.29) is 11.7 Å². The van der Waals surface area contributed by atoms with E-state index >= 15 is 0 Å². The molecule has 4 rings (SSSR count). The molecule has 1 aromatic carbocycles. The summed E-state index contributed by atoms with van der Waals surface area (Å²) < 4.78 is 56.8. The highest BCUT2D eigenvalue weighted by Crippen LogP contribution is 2.38. The van der Waals surface area contributed by atoms with Gasteiger partial charge in [0, 0.05) is 18.7 Å². The van der Waals surface area contributed by atoms with E-state index in [4.69, 9.17) is 4.52 Å². The second-order valence-corrected chi connectivity index (χ2v) is 7.26. The predicted octanol–water partition coefficient (Wildman–Crippen LogP) is 4.74. The molecule has 0 bridgehead atoms. The van der Waals surface area contributed by atoms with Crippen molar-refractivity contribution in [2.45, 2.75) is 24.9 Å². The third-order valence-corrected chi connectivity index (χ3v) is 5.46. The lowest BCUT2D eigenvalue weighted by Crippen LogP contribution is -2.34. The predicted molar refractivity (Wildman–Crippen MR) is 91.0 cm³/mol. The molecule has 1 aliphatic rings. The summed E-state index contributed by atoms with van der Waals surface area (Å²) in [6, 6.07) is 5.75. The molecule has 5 nitrogen and oxygen atoms in total.